The average Bonchev–Trinajstić information content (AvgIpc) is 3.00. The Balaban J connectivity index is 1.89. The third-order valence-corrected chi connectivity index (χ3v) is 5.03. The molecule has 1 N–H and O–H groups in total. The number of carbonyl (C=O) groups is 1. The van der Waals surface area contributed by atoms with Gasteiger partial charge in [-0.05, 0) is 55.9 Å². The molecule has 1 saturated heterocycles. The predicted molar refractivity (Wildman–Crippen MR) is 119 cm³/mol. The molecule has 0 unspecified atom stereocenters. The largest absolute Gasteiger partial charge is 0.490 e. The van der Waals surface area contributed by atoms with Gasteiger partial charge in [-0.25, -0.2) is 0 Å². The van der Waals surface area contributed by atoms with Gasteiger partial charge in [0.2, 0.25) is 0 Å². The van der Waals surface area contributed by atoms with Gasteiger partial charge in [-0.1, -0.05) is 29.8 Å². The molecule has 0 bridgehead atoms. The molecule has 0 radical (unpaired) electrons. The molecular formula is C22H20ClN3O3S. The number of nitrogens with zero attached hydrogens (tertiary/aromatic N) is 2. The van der Waals surface area contributed by atoms with Crippen molar-refractivity contribution in [3.63, 3.8) is 0 Å². The van der Waals surface area contributed by atoms with Crippen LogP contribution in [0.3, 0.4) is 0 Å². The molecule has 1 aliphatic rings. The second-order valence-electron chi connectivity index (χ2n) is 6.36. The van der Waals surface area contributed by atoms with Gasteiger partial charge in [0.1, 0.15) is 12.3 Å². The Kier molecular flexibility index (Phi) is 6.93. The number of likely N-dealkylation sites (N-methyl/N-ethyl adjacent to an activating group) is 1. The molecule has 0 saturated carbocycles. The highest BCUT2D eigenvalue weighted by Crippen LogP contribution is 2.38. The molecule has 0 aromatic heterocycles. The van der Waals surface area contributed by atoms with Crippen LogP contribution in [0.2, 0.25) is 5.02 Å². The molecule has 1 aliphatic heterocycles. The molecule has 1 amide bonds. The SMILES string of the molecule is CCOc1cc(C=C2NC(=S)N(CC)C2=O)cc(Cl)c1OCc1ccccc1C#N. The standard InChI is InChI=1S/C22H20ClN3O3S/c1-3-26-21(27)18(25-22(26)30)10-14-9-17(23)20(19(11-14)28-4-2)29-13-16-8-6-5-7-15(16)12-24/h5-11H,3-4,13H2,1-2H3,(H,25,30). The number of rotatable bonds is 7. The first-order chi connectivity index (χ1) is 14.5. The minimum atomic E-state index is -0.190. The summed E-state index contributed by atoms with van der Waals surface area (Å²) in [7, 11) is 0. The first-order valence-corrected chi connectivity index (χ1v) is 10.2. The fourth-order valence-corrected chi connectivity index (χ4v) is 3.60. The number of nitrogens with one attached hydrogen (secondary N) is 1. The van der Waals surface area contributed by atoms with Crippen molar-refractivity contribution < 1.29 is 14.3 Å². The Morgan fingerprint density at radius 1 is 1.27 bits per heavy atom. The number of nitriles is 1. The monoisotopic (exact) mass is 441 g/mol. The molecule has 2 aromatic rings. The zero-order chi connectivity index (χ0) is 21.7. The fourth-order valence-electron chi connectivity index (χ4n) is 3.00. The third-order valence-electron chi connectivity index (χ3n) is 4.43. The van der Waals surface area contributed by atoms with Crippen molar-refractivity contribution in [2.75, 3.05) is 13.2 Å². The van der Waals surface area contributed by atoms with Crippen LogP contribution in [0.15, 0.2) is 42.1 Å². The topological polar surface area (TPSA) is 74.6 Å². The van der Waals surface area contributed by atoms with E-state index in [1.54, 1.807) is 30.3 Å². The number of thiocarbonyl (C=S) groups is 1. The maximum absolute atomic E-state index is 12.4. The first-order valence-electron chi connectivity index (χ1n) is 9.40. The Labute approximate surface area is 185 Å². The highest BCUT2D eigenvalue weighted by atomic mass is 35.5. The van der Waals surface area contributed by atoms with E-state index in [1.807, 2.05) is 26.0 Å². The predicted octanol–water partition coefficient (Wildman–Crippen LogP) is 4.27. The van der Waals surface area contributed by atoms with Gasteiger partial charge >= 0.3 is 0 Å². The minimum absolute atomic E-state index is 0.170. The number of amides is 1. The van der Waals surface area contributed by atoms with Gasteiger partial charge < -0.3 is 14.8 Å². The molecule has 1 heterocycles. The number of carbonyl (C=O) groups excluding carboxylic acids is 1. The van der Waals surface area contributed by atoms with Gasteiger partial charge in [0, 0.05) is 12.1 Å². The number of halogens is 1. The second-order valence-corrected chi connectivity index (χ2v) is 7.15. The molecule has 0 atom stereocenters. The normalized spacial score (nSPS) is 14.6. The van der Waals surface area contributed by atoms with Crippen LogP contribution in [0, 0.1) is 11.3 Å². The van der Waals surface area contributed by atoms with E-state index in [0.29, 0.717) is 51.6 Å². The lowest BCUT2D eigenvalue weighted by atomic mass is 10.1. The summed E-state index contributed by atoms with van der Waals surface area (Å²) in [6, 6.07) is 12.8. The molecule has 6 nitrogen and oxygen atoms in total. The van der Waals surface area contributed by atoms with E-state index < -0.39 is 0 Å². The zero-order valence-electron chi connectivity index (χ0n) is 16.6. The summed E-state index contributed by atoms with van der Waals surface area (Å²) in [6.07, 6.45) is 1.67. The molecule has 1 fully saturated rings. The van der Waals surface area contributed by atoms with Crippen LogP contribution >= 0.6 is 23.8 Å². The van der Waals surface area contributed by atoms with Gasteiger partial charge in [0.05, 0.1) is 23.3 Å². The Hall–Kier alpha value is -3.08. The first kappa shape index (κ1) is 21.6. The summed E-state index contributed by atoms with van der Waals surface area (Å²) in [4.78, 5) is 13.9. The van der Waals surface area contributed by atoms with Gasteiger partial charge in [-0.2, -0.15) is 5.26 Å². The third kappa shape index (κ3) is 4.56. The number of benzene rings is 2. The molecule has 3 rings (SSSR count). The smallest absolute Gasteiger partial charge is 0.276 e. The molecule has 2 aromatic carbocycles. The van der Waals surface area contributed by atoms with Crippen LogP contribution in [-0.4, -0.2) is 29.1 Å². The van der Waals surface area contributed by atoms with Crippen molar-refractivity contribution in [3.05, 3.63) is 63.8 Å². The summed E-state index contributed by atoms with van der Waals surface area (Å²) in [5, 5.41) is 12.9. The highest BCUT2D eigenvalue weighted by Gasteiger charge is 2.29. The summed E-state index contributed by atoms with van der Waals surface area (Å²) in [5.74, 6) is 0.640. The average molecular weight is 442 g/mol. The molecular weight excluding hydrogens is 422 g/mol. The fraction of sp³-hybridized carbons (Fsp3) is 0.227. The lowest BCUT2D eigenvalue weighted by molar-refractivity contribution is -0.122. The van der Waals surface area contributed by atoms with E-state index in [2.05, 4.69) is 11.4 Å². The summed E-state index contributed by atoms with van der Waals surface area (Å²) >= 11 is 11.7. The summed E-state index contributed by atoms with van der Waals surface area (Å²) in [6.45, 7) is 4.78. The van der Waals surface area contributed by atoms with E-state index >= 15 is 0 Å². The van der Waals surface area contributed by atoms with Crippen molar-refractivity contribution in [2.45, 2.75) is 20.5 Å². The van der Waals surface area contributed by atoms with Crippen molar-refractivity contribution in [1.29, 1.82) is 5.26 Å². The maximum atomic E-state index is 12.4. The van der Waals surface area contributed by atoms with Crippen LogP contribution in [-0.2, 0) is 11.4 Å². The van der Waals surface area contributed by atoms with Gasteiger partial charge in [-0.15, -0.1) is 0 Å². The van der Waals surface area contributed by atoms with Crippen molar-refractivity contribution in [1.82, 2.24) is 10.2 Å². The van der Waals surface area contributed by atoms with Crippen LogP contribution in [0.5, 0.6) is 11.5 Å². The van der Waals surface area contributed by atoms with E-state index in [4.69, 9.17) is 33.3 Å². The lowest BCUT2D eigenvalue weighted by Gasteiger charge is -2.15. The van der Waals surface area contributed by atoms with E-state index in [9.17, 15) is 10.1 Å². The lowest BCUT2D eigenvalue weighted by Crippen LogP contribution is -2.30. The molecule has 0 aliphatic carbocycles. The Morgan fingerprint density at radius 3 is 2.70 bits per heavy atom. The van der Waals surface area contributed by atoms with E-state index in [1.165, 1.54) is 4.90 Å². The highest BCUT2D eigenvalue weighted by molar-refractivity contribution is 7.80. The minimum Gasteiger partial charge on any atom is -0.490 e. The number of ether oxygens (including phenoxy) is 2. The van der Waals surface area contributed by atoms with Crippen LogP contribution in [0.25, 0.3) is 6.08 Å². The van der Waals surface area contributed by atoms with Crippen LogP contribution in [0.1, 0.15) is 30.5 Å². The van der Waals surface area contributed by atoms with Gasteiger partial charge in [0.25, 0.3) is 5.91 Å². The number of hydrogen-bond acceptors (Lipinski definition) is 5. The molecule has 154 valence electrons. The van der Waals surface area contributed by atoms with E-state index in [0.717, 1.165) is 5.56 Å². The summed E-state index contributed by atoms with van der Waals surface area (Å²) < 4.78 is 11.6. The quantitative estimate of drug-likeness (QED) is 0.511. The van der Waals surface area contributed by atoms with Crippen LogP contribution < -0.4 is 14.8 Å². The second kappa shape index (κ2) is 9.61. The van der Waals surface area contributed by atoms with Gasteiger partial charge in [-0.3, -0.25) is 9.69 Å². The molecule has 8 heteroatoms. The Morgan fingerprint density at radius 2 is 2.03 bits per heavy atom. The van der Waals surface area contributed by atoms with Crippen molar-refractivity contribution in [3.8, 4) is 17.6 Å². The molecule has 0 spiro atoms. The maximum Gasteiger partial charge on any atom is 0.276 e. The van der Waals surface area contributed by atoms with Crippen LogP contribution in [0.4, 0.5) is 0 Å². The summed E-state index contributed by atoms with van der Waals surface area (Å²) in [5.41, 5.74) is 2.33. The van der Waals surface area contributed by atoms with Crippen molar-refractivity contribution >= 4 is 40.9 Å². The van der Waals surface area contributed by atoms with Gasteiger partial charge in [0.15, 0.2) is 16.6 Å². The Bertz CT molecular complexity index is 1060. The zero-order valence-corrected chi connectivity index (χ0v) is 18.1. The van der Waals surface area contributed by atoms with E-state index in [-0.39, 0.29) is 12.5 Å². The molecule has 30 heavy (non-hydrogen) atoms. The number of hydrogen-bond donors (Lipinski definition) is 1. The van der Waals surface area contributed by atoms with Crippen molar-refractivity contribution in [2.24, 2.45) is 0 Å².